The molecule has 4 unspecified atom stereocenters. The lowest BCUT2D eigenvalue weighted by Gasteiger charge is -2.25. The number of carbonyl (C=O) groups is 5. The highest BCUT2D eigenvalue weighted by molar-refractivity contribution is 7.98. The van der Waals surface area contributed by atoms with E-state index >= 15 is 0 Å². The summed E-state index contributed by atoms with van der Waals surface area (Å²) >= 11 is 5.41. The quantitative estimate of drug-likeness (QED) is 0.134. The van der Waals surface area contributed by atoms with Gasteiger partial charge in [0.2, 0.25) is 23.6 Å². The Morgan fingerprint density at radius 1 is 0.943 bits per heavy atom. The lowest BCUT2D eigenvalue weighted by molar-refractivity contribution is -0.141. The van der Waals surface area contributed by atoms with Crippen molar-refractivity contribution < 1.29 is 29.1 Å². The third kappa shape index (κ3) is 11.5. The summed E-state index contributed by atoms with van der Waals surface area (Å²) in [5.74, 6) is -3.40. The van der Waals surface area contributed by atoms with Crippen LogP contribution in [-0.4, -0.2) is 76.6 Å². The fraction of sp³-hybridized carbons (Fsp3) is 0.500. The topological polar surface area (TPSA) is 194 Å². The van der Waals surface area contributed by atoms with Gasteiger partial charge in [0.15, 0.2) is 0 Å². The van der Waals surface area contributed by atoms with Crippen LogP contribution in [0.15, 0.2) is 30.3 Å². The monoisotopic (exact) mass is 527 g/mol. The van der Waals surface area contributed by atoms with Gasteiger partial charge < -0.3 is 32.5 Å². The summed E-state index contributed by atoms with van der Waals surface area (Å²) in [6.07, 6.45) is 2.14. The molecule has 0 saturated carbocycles. The third-order valence-electron chi connectivity index (χ3n) is 4.99. The minimum Gasteiger partial charge on any atom is -0.480 e. The third-order valence-corrected chi connectivity index (χ3v) is 6.00. The normalized spacial score (nSPS) is 14.1. The molecule has 194 valence electrons. The molecule has 4 amide bonds. The predicted octanol–water partition coefficient (Wildman–Crippen LogP) is -0.956. The highest BCUT2D eigenvalue weighted by atomic mass is 32.2. The number of nitrogens with one attached hydrogen (secondary N) is 3. The van der Waals surface area contributed by atoms with Gasteiger partial charge in [0, 0.05) is 18.6 Å². The summed E-state index contributed by atoms with van der Waals surface area (Å²) in [4.78, 5) is 60.8. The van der Waals surface area contributed by atoms with E-state index in [9.17, 15) is 29.1 Å². The molecule has 8 N–H and O–H groups in total. The van der Waals surface area contributed by atoms with Crippen LogP contribution in [0, 0.1) is 0 Å². The Bertz CT molecular complexity index is 873. The molecule has 1 rings (SSSR count). The number of thioether (sulfide) groups is 1. The lowest BCUT2D eigenvalue weighted by atomic mass is 10.0. The number of benzene rings is 1. The largest absolute Gasteiger partial charge is 0.480 e. The van der Waals surface area contributed by atoms with Gasteiger partial charge in [-0.25, -0.2) is 4.79 Å². The second kappa shape index (κ2) is 16.0. The van der Waals surface area contributed by atoms with Gasteiger partial charge in [-0.05, 0) is 30.4 Å². The Labute approximate surface area is 213 Å². The van der Waals surface area contributed by atoms with Crippen LogP contribution in [-0.2, 0) is 30.4 Å². The first-order valence-electron chi connectivity index (χ1n) is 10.9. The first kappa shape index (κ1) is 30.3. The number of hydrogen-bond donors (Lipinski definition) is 7. The second-order valence-corrected chi connectivity index (χ2v) is 9.14. The van der Waals surface area contributed by atoms with E-state index in [-0.39, 0.29) is 31.4 Å². The number of nitrogens with two attached hydrogens (primary N) is 2. The van der Waals surface area contributed by atoms with Gasteiger partial charge >= 0.3 is 5.97 Å². The summed E-state index contributed by atoms with van der Waals surface area (Å²) in [6.45, 7) is 0. The molecule has 0 heterocycles. The van der Waals surface area contributed by atoms with Gasteiger partial charge in [0.1, 0.15) is 18.1 Å². The van der Waals surface area contributed by atoms with Crippen LogP contribution in [0.4, 0.5) is 0 Å². The Balaban J connectivity index is 3.02. The molecule has 0 aliphatic rings. The van der Waals surface area contributed by atoms with Crippen molar-refractivity contribution in [3.05, 3.63) is 35.9 Å². The molecule has 4 atom stereocenters. The number of carbonyl (C=O) groups excluding carboxylic acids is 4. The number of thiol groups is 1. The minimum atomic E-state index is -1.26. The Hall–Kier alpha value is -2.77. The number of amides is 4. The average molecular weight is 528 g/mol. The van der Waals surface area contributed by atoms with Crippen molar-refractivity contribution in [3.8, 4) is 0 Å². The van der Waals surface area contributed by atoms with Crippen molar-refractivity contribution in [1.82, 2.24) is 16.0 Å². The summed E-state index contributed by atoms with van der Waals surface area (Å²) in [6, 6.07) is 4.50. The maximum atomic E-state index is 13.1. The maximum absolute atomic E-state index is 13.1. The lowest BCUT2D eigenvalue weighted by Crippen LogP contribution is -2.58. The van der Waals surface area contributed by atoms with Crippen LogP contribution in [0.3, 0.4) is 0 Å². The molecule has 0 aliphatic carbocycles. The van der Waals surface area contributed by atoms with E-state index in [2.05, 4.69) is 28.6 Å². The Morgan fingerprint density at radius 2 is 1.51 bits per heavy atom. The number of aliphatic carboxylic acids is 1. The first-order valence-corrected chi connectivity index (χ1v) is 12.9. The second-order valence-electron chi connectivity index (χ2n) is 7.79. The van der Waals surface area contributed by atoms with E-state index in [4.69, 9.17) is 11.5 Å². The number of rotatable bonds is 16. The number of carboxylic acids is 1. The molecular weight excluding hydrogens is 494 g/mol. The van der Waals surface area contributed by atoms with Crippen molar-refractivity contribution >= 4 is 54.0 Å². The van der Waals surface area contributed by atoms with Crippen LogP contribution in [0.2, 0.25) is 0 Å². The van der Waals surface area contributed by atoms with E-state index in [1.54, 1.807) is 30.3 Å². The maximum Gasteiger partial charge on any atom is 0.327 e. The molecule has 0 aliphatic heterocycles. The van der Waals surface area contributed by atoms with Gasteiger partial charge in [0.25, 0.3) is 0 Å². The van der Waals surface area contributed by atoms with Crippen LogP contribution in [0.5, 0.6) is 0 Å². The summed E-state index contributed by atoms with van der Waals surface area (Å²) < 4.78 is 0. The molecular formula is C22H33N5O6S2. The van der Waals surface area contributed by atoms with Gasteiger partial charge in [-0.15, -0.1) is 0 Å². The van der Waals surface area contributed by atoms with E-state index in [1.165, 1.54) is 11.8 Å². The zero-order valence-corrected chi connectivity index (χ0v) is 21.1. The molecule has 0 spiro atoms. The van der Waals surface area contributed by atoms with Crippen LogP contribution >= 0.6 is 24.4 Å². The van der Waals surface area contributed by atoms with Crippen molar-refractivity contribution in [2.75, 3.05) is 17.8 Å². The van der Waals surface area contributed by atoms with Crippen LogP contribution in [0.1, 0.15) is 24.8 Å². The molecule has 35 heavy (non-hydrogen) atoms. The summed E-state index contributed by atoms with van der Waals surface area (Å²) in [5.41, 5.74) is 11.6. The van der Waals surface area contributed by atoms with Gasteiger partial charge in [-0.2, -0.15) is 24.4 Å². The van der Waals surface area contributed by atoms with Crippen LogP contribution in [0.25, 0.3) is 0 Å². The van der Waals surface area contributed by atoms with Crippen LogP contribution < -0.4 is 27.4 Å². The van der Waals surface area contributed by atoms with Gasteiger partial charge in [-0.3, -0.25) is 19.2 Å². The predicted molar refractivity (Wildman–Crippen MR) is 137 cm³/mol. The summed E-state index contributed by atoms with van der Waals surface area (Å²) in [5, 5.41) is 16.8. The SMILES string of the molecule is CSCCC(NC(=O)C(N)CCC(N)=O)C(=O)NC(Cc1ccccc1)C(=O)NC(CS)C(=O)O. The standard InChI is InChI=1S/C22H33N5O6S2/c1-35-10-9-15(25-19(29)14(23)7-8-18(24)28)20(30)26-16(11-13-5-3-2-4-6-13)21(31)27-17(12-34)22(32)33/h2-6,14-17,34H,7-12,23H2,1H3,(H2,24,28)(H,25,29)(H,26,30)(H,27,31)(H,32,33). The number of carboxylic acid groups (broad SMARTS) is 1. The highest BCUT2D eigenvalue weighted by Gasteiger charge is 2.30. The molecule has 1 aromatic rings. The zero-order chi connectivity index (χ0) is 26.4. The van der Waals surface area contributed by atoms with E-state index in [0.717, 1.165) is 5.56 Å². The van der Waals surface area contributed by atoms with E-state index in [1.807, 2.05) is 6.26 Å². The van der Waals surface area contributed by atoms with Crippen molar-refractivity contribution in [2.24, 2.45) is 11.5 Å². The Morgan fingerprint density at radius 3 is 2.06 bits per heavy atom. The zero-order valence-electron chi connectivity index (χ0n) is 19.4. The highest BCUT2D eigenvalue weighted by Crippen LogP contribution is 2.07. The average Bonchev–Trinajstić information content (AvgIpc) is 2.82. The fourth-order valence-electron chi connectivity index (χ4n) is 3.00. The van der Waals surface area contributed by atoms with E-state index < -0.39 is 53.8 Å². The smallest absolute Gasteiger partial charge is 0.327 e. The number of primary amides is 1. The first-order chi connectivity index (χ1) is 16.6. The number of hydrogen-bond acceptors (Lipinski definition) is 8. The molecule has 13 heteroatoms. The molecule has 0 aromatic heterocycles. The Kier molecular flexibility index (Phi) is 13.8. The summed E-state index contributed by atoms with van der Waals surface area (Å²) in [7, 11) is 0. The van der Waals surface area contributed by atoms with Crippen molar-refractivity contribution in [3.63, 3.8) is 0 Å². The van der Waals surface area contributed by atoms with Gasteiger partial charge in [-0.1, -0.05) is 30.3 Å². The minimum absolute atomic E-state index is 0.0252. The molecule has 0 radical (unpaired) electrons. The molecule has 11 nitrogen and oxygen atoms in total. The molecule has 1 aromatic carbocycles. The van der Waals surface area contributed by atoms with Crippen molar-refractivity contribution in [1.29, 1.82) is 0 Å². The van der Waals surface area contributed by atoms with E-state index in [0.29, 0.717) is 5.75 Å². The molecule has 0 fully saturated rings. The van der Waals surface area contributed by atoms with Crippen molar-refractivity contribution in [2.45, 2.75) is 49.9 Å². The van der Waals surface area contributed by atoms with Gasteiger partial charge in [0.05, 0.1) is 6.04 Å². The fourth-order valence-corrected chi connectivity index (χ4v) is 3.72. The molecule has 0 bridgehead atoms. The molecule has 0 saturated heterocycles.